The van der Waals surface area contributed by atoms with Crippen LogP contribution in [0.2, 0.25) is 0 Å². The predicted octanol–water partition coefficient (Wildman–Crippen LogP) is 0.870. The zero-order chi connectivity index (χ0) is 14.7. The molecule has 21 heavy (non-hydrogen) atoms. The van der Waals surface area contributed by atoms with Gasteiger partial charge in [0.15, 0.2) is 0 Å². The molecule has 1 amide bonds. The van der Waals surface area contributed by atoms with Crippen LogP contribution in [0.1, 0.15) is 18.4 Å². The first-order valence-electron chi connectivity index (χ1n) is 7.67. The van der Waals surface area contributed by atoms with Crippen molar-refractivity contribution in [2.45, 2.75) is 25.4 Å². The number of rotatable bonds is 3. The van der Waals surface area contributed by atoms with Gasteiger partial charge in [0, 0.05) is 50.5 Å². The molecule has 2 atom stereocenters. The van der Waals surface area contributed by atoms with Crippen LogP contribution in [0.25, 0.3) is 0 Å². The summed E-state index contributed by atoms with van der Waals surface area (Å²) in [5.74, 6) is 0.386. The number of carbonyl (C=O) groups excluding carboxylic acids is 1. The zero-order valence-corrected chi connectivity index (χ0v) is 12.1. The number of aliphatic hydroxyl groups excluding tert-OH is 1. The van der Waals surface area contributed by atoms with Crippen molar-refractivity contribution < 1.29 is 14.6 Å². The number of pyridine rings is 1. The topological polar surface area (TPSA) is 62.7 Å². The van der Waals surface area contributed by atoms with Crippen molar-refractivity contribution >= 4 is 5.91 Å². The van der Waals surface area contributed by atoms with Crippen LogP contribution >= 0.6 is 0 Å². The van der Waals surface area contributed by atoms with Crippen LogP contribution in [0.4, 0.5) is 0 Å². The fraction of sp³-hybridized carbons (Fsp3) is 0.625. The van der Waals surface area contributed by atoms with Gasteiger partial charge in [0.05, 0.1) is 6.10 Å². The maximum Gasteiger partial charge on any atom is 0.225 e. The Labute approximate surface area is 124 Å². The Hall–Kier alpha value is -1.46. The summed E-state index contributed by atoms with van der Waals surface area (Å²) < 4.78 is 5.31. The van der Waals surface area contributed by atoms with E-state index < -0.39 is 6.10 Å². The summed E-state index contributed by atoms with van der Waals surface area (Å²) in [6, 6.07) is 3.94. The van der Waals surface area contributed by atoms with Crippen molar-refractivity contribution in [3.05, 3.63) is 30.1 Å². The van der Waals surface area contributed by atoms with E-state index in [1.807, 2.05) is 17.0 Å². The Morgan fingerprint density at radius 2 is 2.00 bits per heavy atom. The molecule has 3 rings (SSSR count). The van der Waals surface area contributed by atoms with Gasteiger partial charge < -0.3 is 14.7 Å². The van der Waals surface area contributed by atoms with Gasteiger partial charge in [-0.05, 0) is 37.0 Å². The van der Waals surface area contributed by atoms with Gasteiger partial charge in [0.25, 0.3) is 0 Å². The van der Waals surface area contributed by atoms with E-state index in [1.165, 1.54) is 0 Å². The second-order valence-electron chi connectivity index (χ2n) is 6.02. The molecule has 0 unspecified atom stereocenters. The quantitative estimate of drug-likeness (QED) is 0.897. The van der Waals surface area contributed by atoms with E-state index in [0.29, 0.717) is 26.3 Å². The van der Waals surface area contributed by atoms with Gasteiger partial charge in [0.1, 0.15) is 0 Å². The lowest BCUT2D eigenvalue weighted by molar-refractivity contribution is -0.137. The summed E-state index contributed by atoms with van der Waals surface area (Å²) in [5, 5.41) is 10.2. The Kier molecular flexibility index (Phi) is 4.51. The summed E-state index contributed by atoms with van der Waals surface area (Å²) in [5.41, 5.74) is 1.16. The fourth-order valence-corrected chi connectivity index (χ4v) is 3.26. The number of β-amino-alcohol motifs (C(OH)–C–C–N with tert-alkyl or cyclic N) is 1. The number of hydrogen-bond acceptors (Lipinski definition) is 4. The number of aliphatic hydroxyl groups is 1. The van der Waals surface area contributed by atoms with E-state index in [0.717, 1.165) is 24.8 Å². The van der Waals surface area contributed by atoms with Crippen LogP contribution in [0.3, 0.4) is 0 Å². The van der Waals surface area contributed by atoms with Crippen LogP contribution in [-0.2, 0) is 16.0 Å². The highest BCUT2D eigenvalue weighted by Crippen LogP contribution is 2.25. The van der Waals surface area contributed by atoms with Gasteiger partial charge in [-0.15, -0.1) is 0 Å². The number of amides is 1. The third kappa shape index (κ3) is 3.41. The fourth-order valence-electron chi connectivity index (χ4n) is 3.26. The molecule has 0 aromatic carbocycles. The number of likely N-dealkylation sites (tertiary alicyclic amines) is 1. The van der Waals surface area contributed by atoms with Crippen LogP contribution in [0.15, 0.2) is 24.5 Å². The molecular weight excluding hydrogens is 268 g/mol. The molecule has 5 heteroatoms. The van der Waals surface area contributed by atoms with E-state index in [2.05, 4.69) is 4.98 Å². The normalized spacial score (nSPS) is 27.0. The van der Waals surface area contributed by atoms with Crippen LogP contribution < -0.4 is 0 Å². The Bertz CT molecular complexity index is 474. The first kappa shape index (κ1) is 14.5. The third-order valence-electron chi connectivity index (χ3n) is 4.54. The van der Waals surface area contributed by atoms with Gasteiger partial charge >= 0.3 is 0 Å². The number of aromatic nitrogens is 1. The van der Waals surface area contributed by atoms with Gasteiger partial charge in [-0.1, -0.05) is 0 Å². The van der Waals surface area contributed by atoms with Gasteiger partial charge in [-0.3, -0.25) is 9.78 Å². The number of ether oxygens (including phenoxy) is 1. The minimum absolute atomic E-state index is 0.0747. The molecule has 0 aliphatic carbocycles. The van der Waals surface area contributed by atoms with Crippen LogP contribution in [0.5, 0.6) is 0 Å². The lowest BCUT2D eigenvalue weighted by Gasteiger charge is -2.26. The largest absolute Gasteiger partial charge is 0.391 e. The smallest absolute Gasteiger partial charge is 0.225 e. The minimum Gasteiger partial charge on any atom is -0.391 e. The molecule has 0 spiro atoms. The molecule has 2 aliphatic rings. The summed E-state index contributed by atoms with van der Waals surface area (Å²) in [6.45, 7) is 2.46. The molecule has 1 aromatic heterocycles. The standard InChI is InChI=1S/C16H22N2O3/c19-15-11-18(16(20)13-3-7-21-8-4-13)10-14(15)9-12-1-5-17-6-2-12/h1-2,5-6,13-15,19H,3-4,7-11H2/t14-,15-/m1/s1. The van der Waals surface area contributed by atoms with Crippen molar-refractivity contribution in [3.63, 3.8) is 0 Å². The van der Waals surface area contributed by atoms with Gasteiger partial charge in [-0.25, -0.2) is 0 Å². The molecule has 1 N–H and O–H groups in total. The molecule has 0 saturated carbocycles. The van der Waals surface area contributed by atoms with E-state index in [-0.39, 0.29) is 17.7 Å². The Morgan fingerprint density at radius 1 is 1.29 bits per heavy atom. The molecule has 2 fully saturated rings. The van der Waals surface area contributed by atoms with Crippen LogP contribution in [-0.4, -0.2) is 53.3 Å². The van der Waals surface area contributed by atoms with Crippen molar-refractivity contribution in [3.8, 4) is 0 Å². The highest BCUT2D eigenvalue weighted by Gasteiger charge is 2.36. The number of carbonyl (C=O) groups is 1. The maximum absolute atomic E-state index is 12.5. The lowest BCUT2D eigenvalue weighted by atomic mass is 9.97. The summed E-state index contributed by atoms with van der Waals surface area (Å²) in [7, 11) is 0. The number of hydrogen-bond donors (Lipinski definition) is 1. The SMILES string of the molecule is O=C(C1CCOCC1)N1C[C@@H](Cc2ccncc2)[C@H](O)C1. The van der Waals surface area contributed by atoms with Crippen molar-refractivity contribution in [2.24, 2.45) is 11.8 Å². The highest BCUT2D eigenvalue weighted by molar-refractivity contribution is 5.79. The lowest BCUT2D eigenvalue weighted by Crippen LogP contribution is -2.37. The third-order valence-corrected chi connectivity index (χ3v) is 4.54. The Balaban J connectivity index is 1.58. The molecule has 1 aromatic rings. The maximum atomic E-state index is 12.5. The van der Waals surface area contributed by atoms with E-state index in [1.54, 1.807) is 12.4 Å². The molecule has 5 nitrogen and oxygen atoms in total. The molecule has 0 radical (unpaired) electrons. The van der Waals surface area contributed by atoms with Crippen molar-refractivity contribution in [2.75, 3.05) is 26.3 Å². The second-order valence-corrected chi connectivity index (χ2v) is 6.02. The van der Waals surface area contributed by atoms with E-state index in [4.69, 9.17) is 4.74 Å². The average Bonchev–Trinajstić information content (AvgIpc) is 2.89. The summed E-state index contributed by atoms with van der Waals surface area (Å²) >= 11 is 0. The molecule has 2 saturated heterocycles. The van der Waals surface area contributed by atoms with E-state index >= 15 is 0 Å². The van der Waals surface area contributed by atoms with Gasteiger partial charge in [-0.2, -0.15) is 0 Å². The summed E-state index contributed by atoms with van der Waals surface area (Å²) in [4.78, 5) is 18.3. The number of nitrogens with zero attached hydrogens (tertiary/aromatic N) is 2. The molecule has 3 heterocycles. The van der Waals surface area contributed by atoms with Crippen LogP contribution in [0, 0.1) is 11.8 Å². The second kappa shape index (κ2) is 6.54. The minimum atomic E-state index is -0.429. The molecule has 2 aliphatic heterocycles. The first-order chi connectivity index (χ1) is 10.2. The average molecular weight is 290 g/mol. The van der Waals surface area contributed by atoms with Crippen molar-refractivity contribution in [1.29, 1.82) is 0 Å². The monoisotopic (exact) mass is 290 g/mol. The van der Waals surface area contributed by atoms with Gasteiger partial charge in [0.2, 0.25) is 5.91 Å². The first-order valence-corrected chi connectivity index (χ1v) is 7.67. The predicted molar refractivity (Wildman–Crippen MR) is 77.6 cm³/mol. The van der Waals surface area contributed by atoms with E-state index in [9.17, 15) is 9.90 Å². The zero-order valence-electron chi connectivity index (χ0n) is 12.1. The summed E-state index contributed by atoms with van der Waals surface area (Å²) in [6.07, 6.45) is 5.51. The highest BCUT2D eigenvalue weighted by atomic mass is 16.5. The molecule has 114 valence electrons. The Morgan fingerprint density at radius 3 is 2.71 bits per heavy atom. The molecular formula is C16H22N2O3. The molecule has 0 bridgehead atoms. The van der Waals surface area contributed by atoms with Crippen molar-refractivity contribution in [1.82, 2.24) is 9.88 Å².